The van der Waals surface area contributed by atoms with E-state index in [0.717, 1.165) is 19.4 Å². The van der Waals surface area contributed by atoms with Crippen molar-refractivity contribution >= 4 is 5.69 Å². The molecule has 0 aromatic heterocycles. The second-order valence-corrected chi connectivity index (χ2v) is 7.17. The van der Waals surface area contributed by atoms with Crippen molar-refractivity contribution in [2.75, 3.05) is 11.4 Å². The van der Waals surface area contributed by atoms with Crippen molar-refractivity contribution in [2.45, 2.75) is 51.5 Å². The number of anilines is 1. The van der Waals surface area contributed by atoms with Gasteiger partial charge in [0.1, 0.15) is 0 Å². The Balaban J connectivity index is 1.82. The van der Waals surface area contributed by atoms with Gasteiger partial charge in [-0.1, -0.05) is 49.9 Å². The normalized spacial score (nSPS) is 18.3. The number of aliphatic hydroxyl groups excluding tert-OH is 1. The van der Waals surface area contributed by atoms with Gasteiger partial charge in [0.2, 0.25) is 0 Å². The molecule has 2 heteroatoms. The molecule has 1 aliphatic heterocycles. The van der Waals surface area contributed by atoms with Gasteiger partial charge in [-0.05, 0) is 55.0 Å². The summed E-state index contributed by atoms with van der Waals surface area (Å²) in [6.07, 6.45) is 4.08. The summed E-state index contributed by atoms with van der Waals surface area (Å²) in [6.45, 7) is 9.18. The average molecular weight is 335 g/mol. The number of hydrogen-bond acceptors (Lipinski definition) is 2. The number of rotatable bonds is 6. The van der Waals surface area contributed by atoms with Crippen LogP contribution in [0.15, 0.2) is 60.9 Å². The molecule has 0 aliphatic carbocycles. The Bertz CT molecular complexity index is 719. The van der Waals surface area contributed by atoms with E-state index in [1.807, 2.05) is 0 Å². The highest BCUT2D eigenvalue weighted by molar-refractivity contribution is 5.51. The van der Waals surface area contributed by atoms with Gasteiger partial charge in [0.25, 0.3) is 0 Å². The quantitative estimate of drug-likeness (QED) is 0.658. The maximum absolute atomic E-state index is 9.56. The van der Waals surface area contributed by atoms with Gasteiger partial charge < -0.3 is 10.0 Å². The highest BCUT2D eigenvalue weighted by atomic mass is 16.3. The number of benzene rings is 2. The minimum absolute atomic E-state index is 0.291. The molecule has 0 radical (unpaired) electrons. The maximum Gasteiger partial charge on any atom is 0.0871 e. The van der Waals surface area contributed by atoms with Gasteiger partial charge in [-0.3, -0.25) is 0 Å². The fourth-order valence-corrected chi connectivity index (χ4v) is 4.17. The summed E-state index contributed by atoms with van der Waals surface area (Å²) in [5.41, 5.74) is 5.42. The molecule has 132 valence electrons. The minimum atomic E-state index is 0.291. The zero-order valence-electron chi connectivity index (χ0n) is 15.4. The van der Waals surface area contributed by atoms with Crippen molar-refractivity contribution in [1.82, 2.24) is 0 Å². The number of aryl methyl sites for hydroxylation is 1. The summed E-state index contributed by atoms with van der Waals surface area (Å²) in [5, 5.41) is 9.56. The monoisotopic (exact) mass is 335 g/mol. The SMILES string of the molecule is C=C(O)CC1CCCN1c1ccc(C(CC)c2ccccc2C)cc1. The van der Waals surface area contributed by atoms with Gasteiger partial charge in [0, 0.05) is 30.6 Å². The minimum Gasteiger partial charge on any atom is -0.513 e. The van der Waals surface area contributed by atoms with Gasteiger partial charge in [-0.15, -0.1) is 0 Å². The van der Waals surface area contributed by atoms with Crippen molar-refractivity contribution < 1.29 is 5.11 Å². The van der Waals surface area contributed by atoms with Crippen LogP contribution in [0.4, 0.5) is 5.69 Å². The predicted octanol–water partition coefficient (Wildman–Crippen LogP) is 5.97. The van der Waals surface area contributed by atoms with E-state index in [9.17, 15) is 5.11 Å². The summed E-state index contributed by atoms with van der Waals surface area (Å²) in [5.74, 6) is 0.737. The molecule has 0 spiro atoms. The van der Waals surface area contributed by atoms with Crippen LogP contribution >= 0.6 is 0 Å². The first-order valence-electron chi connectivity index (χ1n) is 9.39. The molecule has 2 unspecified atom stereocenters. The second kappa shape index (κ2) is 7.77. The molecule has 2 aromatic rings. The van der Waals surface area contributed by atoms with E-state index in [2.05, 4.69) is 73.9 Å². The van der Waals surface area contributed by atoms with Gasteiger partial charge in [0.05, 0.1) is 5.76 Å². The van der Waals surface area contributed by atoms with Crippen molar-refractivity contribution in [3.8, 4) is 0 Å². The molecule has 0 saturated carbocycles. The van der Waals surface area contributed by atoms with Crippen molar-refractivity contribution in [3.05, 3.63) is 77.6 Å². The molecule has 1 aliphatic rings. The summed E-state index contributed by atoms with van der Waals surface area (Å²) in [4.78, 5) is 2.42. The first kappa shape index (κ1) is 17.6. The third-order valence-corrected chi connectivity index (χ3v) is 5.45. The molecule has 1 fully saturated rings. The first-order chi connectivity index (χ1) is 12.1. The lowest BCUT2D eigenvalue weighted by atomic mass is 9.86. The van der Waals surface area contributed by atoms with E-state index in [1.165, 1.54) is 28.8 Å². The molecule has 2 atom stereocenters. The molecule has 1 N–H and O–H groups in total. The predicted molar refractivity (Wildman–Crippen MR) is 107 cm³/mol. The lowest BCUT2D eigenvalue weighted by molar-refractivity contribution is 0.376. The second-order valence-electron chi connectivity index (χ2n) is 7.17. The molecule has 0 amide bonds. The van der Waals surface area contributed by atoms with Crippen LogP contribution in [0, 0.1) is 6.92 Å². The van der Waals surface area contributed by atoms with E-state index in [-0.39, 0.29) is 0 Å². The van der Waals surface area contributed by atoms with E-state index < -0.39 is 0 Å². The van der Waals surface area contributed by atoms with E-state index >= 15 is 0 Å². The van der Waals surface area contributed by atoms with Crippen LogP contribution in [0.5, 0.6) is 0 Å². The van der Waals surface area contributed by atoms with Crippen LogP contribution in [-0.2, 0) is 0 Å². The van der Waals surface area contributed by atoms with Gasteiger partial charge in [-0.25, -0.2) is 0 Å². The number of hydrogen-bond donors (Lipinski definition) is 1. The van der Waals surface area contributed by atoms with Crippen molar-refractivity contribution in [1.29, 1.82) is 0 Å². The van der Waals surface area contributed by atoms with E-state index in [1.54, 1.807) is 0 Å². The van der Waals surface area contributed by atoms with Crippen molar-refractivity contribution in [2.24, 2.45) is 0 Å². The standard InChI is InChI=1S/C23H29NO/c1-4-22(23-10-6-5-8-17(23)2)19-11-13-20(14-12-19)24-15-7-9-21(24)16-18(3)25/h5-6,8,10-14,21-22,25H,3-4,7,9,15-16H2,1-2H3. The summed E-state index contributed by atoms with van der Waals surface area (Å²) < 4.78 is 0. The fourth-order valence-electron chi connectivity index (χ4n) is 4.17. The third-order valence-electron chi connectivity index (χ3n) is 5.45. The van der Waals surface area contributed by atoms with Crippen LogP contribution in [-0.4, -0.2) is 17.7 Å². The largest absolute Gasteiger partial charge is 0.513 e. The number of nitrogens with zero attached hydrogens (tertiary/aromatic N) is 1. The van der Waals surface area contributed by atoms with Crippen LogP contribution in [0.3, 0.4) is 0 Å². The Kier molecular flexibility index (Phi) is 5.47. The summed E-state index contributed by atoms with van der Waals surface area (Å²) in [6, 6.07) is 18.1. The zero-order valence-corrected chi connectivity index (χ0v) is 15.4. The van der Waals surface area contributed by atoms with Gasteiger partial charge in [0.15, 0.2) is 0 Å². The lowest BCUT2D eigenvalue weighted by Gasteiger charge is -2.27. The third kappa shape index (κ3) is 3.89. The van der Waals surface area contributed by atoms with Crippen LogP contribution < -0.4 is 4.90 Å². The Hall–Kier alpha value is -2.22. The highest BCUT2D eigenvalue weighted by Gasteiger charge is 2.25. The van der Waals surface area contributed by atoms with Gasteiger partial charge in [-0.2, -0.15) is 0 Å². The molecule has 2 nitrogen and oxygen atoms in total. The molecule has 3 rings (SSSR count). The van der Waals surface area contributed by atoms with Crippen LogP contribution in [0.1, 0.15) is 55.2 Å². The van der Waals surface area contributed by atoms with Crippen LogP contribution in [0.2, 0.25) is 0 Å². The smallest absolute Gasteiger partial charge is 0.0871 e. The number of aliphatic hydroxyl groups is 1. The Labute approximate surface area is 151 Å². The molecule has 0 bridgehead atoms. The lowest BCUT2D eigenvalue weighted by Crippen LogP contribution is -2.29. The van der Waals surface area contributed by atoms with E-state index in [0.29, 0.717) is 24.1 Å². The molecule has 1 saturated heterocycles. The molecular weight excluding hydrogens is 306 g/mol. The van der Waals surface area contributed by atoms with E-state index in [4.69, 9.17) is 0 Å². The highest BCUT2D eigenvalue weighted by Crippen LogP contribution is 2.33. The van der Waals surface area contributed by atoms with Crippen LogP contribution in [0.25, 0.3) is 0 Å². The fraction of sp³-hybridized carbons (Fsp3) is 0.391. The molecular formula is C23H29NO. The molecule has 2 aromatic carbocycles. The Morgan fingerprint density at radius 2 is 1.92 bits per heavy atom. The zero-order chi connectivity index (χ0) is 17.8. The topological polar surface area (TPSA) is 23.5 Å². The van der Waals surface area contributed by atoms with Crippen molar-refractivity contribution in [3.63, 3.8) is 0 Å². The molecule has 1 heterocycles. The average Bonchev–Trinajstić information content (AvgIpc) is 3.05. The summed E-state index contributed by atoms with van der Waals surface area (Å²) in [7, 11) is 0. The van der Waals surface area contributed by atoms with Gasteiger partial charge >= 0.3 is 0 Å². The molecule has 25 heavy (non-hydrogen) atoms. The maximum atomic E-state index is 9.56. The summed E-state index contributed by atoms with van der Waals surface area (Å²) >= 11 is 0. The Morgan fingerprint density at radius 3 is 2.56 bits per heavy atom. The Morgan fingerprint density at radius 1 is 1.20 bits per heavy atom. The first-order valence-corrected chi connectivity index (χ1v) is 9.39.